The lowest BCUT2D eigenvalue weighted by molar-refractivity contribution is 0.638. The van der Waals surface area contributed by atoms with Crippen molar-refractivity contribution in [1.29, 1.82) is 0 Å². The molecule has 0 bridgehead atoms. The van der Waals surface area contributed by atoms with Crippen molar-refractivity contribution in [3.05, 3.63) is 53.1 Å². The molecule has 0 heterocycles. The van der Waals surface area contributed by atoms with Gasteiger partial charge >= 0.3 is 0 Å². The van der Waals surface area contributed by atoms with Crippen LogP contribution >= 0.6 is 0 Å². The number of hydrogen-bond donors (Lipinski definition) is 0. The number of rotatable bonds is 2. The van der Waals surface area contributed by atoms with Crippen LogP contribution in [0.1, 0.15) is 45.2 Å². The maximum Gasteiger partial charge on any atom is 0.0114 e. The third-order valence-corrected chi connectivity index (χ3v) is 3.87. The molecule has 16 heavy (non-hydrogen) atoms. The molecule has 1 aromatic carbocycles. The van der Waals surface area contributed by atoms with Crippen molar-refractivity contribution in [2.24, 2.45) is 0 Å². The summed E-state index contributed by atoms with van der Waals surface area (Å²) in [6.45, 7) is 9.01. The molecule has 0 heteroatoms. The topological polar surface area (TPSA) is 0 Å². The molecular weight excluding hydrogens is 192 g/mol. The van der Waals surface area contributed by atoms with Crippen molar-refractivity contribution in [2.75, 3.05) is 0 Å². The molecule has 1 aliphatic rings. The fourth-order valence-corrected chi connectivity index (χ4v) is 2.57. The molecule has 0 fully saturated rings. The van der Waals surface area contributed by atoms with Gasteiger partial charge in [0.2, 0.25) is 0 Å². The van der Waals surface area contributed by atoms with E-state index < -0.39 is 0 Å². The fourth-order valence-electron chi connectivity index (χ4n) is 2.57. The van der Waals surface area contributed by atoms with E-state index in [1.165, 1.54) is 22.3 Å². The molecule has 0 saturated carbocycles. The third kappa shape index (κ3) is 1.53. The summed E-state index contributed by atoms with van der Waals surface area (Å²) in [5.41, 5.74) is 6.16. The van der Waals surface area contributed by atoms with Crippen molar-refractivity contribution in [3.63, 3.8) is 0 Å². The van der Waals surface area contributed by atoms with Gasteiger partial charge in [0, 0.05) is 5.41 Å². The van der Waals surface area contributed by atoms with E-state index in [9.17, 15) is 0 Å². The molecule has 0 unspecified atom stereocenters. The van der Waals surface area contributed by atoms with Crippen LogP contribution in [0.15, 0.2) is 42.0 Å². The molecule has 2 rings (SSSR count). The largest absolute Gasteiger partial charge is 0.0913 e. The number of allylic oxidation sites excluding steroid dienone is 4. The van der Waals surface area contributed by atoms with Crippen LogP contribution in [-0.4, -0.2) is 0 Å². The van der Waals surface area contributed by atoms with Crippen LogP contribution in [0, 0.1) is 0 Å². The van der Waals surface area contributed by atoms with Crippen molar-refractivity contribution >= 4 is 5.57 Å². The van der Waals surface area contributed by atoms with Crippen LogP contribution in [0.4, 0.5) is 0 Å². The monoisotopic (exact) mass is 212 g/mol. The summed E-state index contributed by atoms with van der Waals surface area (Å²) >= 11 is 0. The minimum absolute atomic E-state index is 0.202. The zero-order valence-electron chi connectivity index (χ0n) is 10.7. The second-order valence-electron chi connectivity index (χ2n) is 5.05. The average Bonchev–Trinajstić information content (AvgIpc) is 2.47. The second-order valence-corrected chi connectivity index (χ2v) is 5.05. The maximum absolute atomic E-state index is 2.32. The van der Waals surface area contributed by atoms with Crippen molar-refractivity contribution < 1.29 is 0 Å². The Bertz CT molecular complexity index is 459. The summed E-state index contributed by atoms with van der Waals surface area (Å²) in [6.07, 6.45) is 5.44. The molecule has 1 aromatic rings. The van der Waals surface area contributed by atoms with Crippen LogP contribution in [0.2, 0.25) is 0 Å². The molecule has 1 aliphatic carbocycles. The van der Waals surface area contributed by atoms with E-state index in [2.05, 4.69) is 64.1 Å². The van der Waals surface area contributed by atoms with E-state index in [1.54, 1.807) is 0 Å². The quantitative estimate of drug-likeness (QED) is 0.622. The predicted octanol–water partition coefficient (Wildman–Crippen LogP) is 4.72. The SMILES string of the molecule is C/C=C\CC1=C(C)C(C)(C)c2ccccc21. The molecule has 0 saturated heterocycles. The molecule has 0 N–H and O–H groups in total. The molecule has 0 radical (unpaired) electrons. The third-order valence-electron chi connectivity index (χ3n) is 3.87. The van der Waals surface area contributed by atoms with E-state index >= 15 is 0 Å². The van der Waals surface area contributed by atoms with Crippen molar-refractivity contribution in [2.45, 2.75) is 39.5 Å². The highest BCUT2D eigenvalue weighted by molar-refractivity contribution is 5.80. The van der Waals surface area contributed by atoms with Crippen molar-refractivity contribution in [1.82, 2.24) is 0 Å². The molecule has 0 nitrogen and oxygen atoms in total. The Balaban J connectivity index is 2.55. The summed E-state index contributed by atoms with van der Waals surface area (Å²) in [5.74, 6) is 0. The minimum Gasteiger partial charge on any atom is -0.0913 e. The average molecular weight is 212 g/mol. The van der Waals surface area contributed by atoms with Crippen LogP contribution in [-0.2, 0) is 5.41 Å². The van der Waals surface area contributed by atoms with Gasteiger partial charge in [0.1, 0.15) is 0 Å². The first-order valence-electron chi connectivity index (χ1n) is 6.00. The van der Waals surface area contributed by atoms with Crippen LogP contribution in [0.25, 0.3) is 5.57 Å². The van der Waals surface area contributed by atoms with E-state index in [0.29, 0.717) is 0 Å². The van der Waals surface area contributed by atoms with Crippen molar-refractivity contribution in [3.8, 4) is 0 Å². The Morgan fingerprint density at radius 3 is 2.56 bits per heavy atom. The minimum atomic E-state index is 0.202. The predicted molar refractivity (Wildman–Crippen MR) is 71.5 cm³/mol. The van der Waals surface area contributed by atoms with Gasteiger partial charge in [-0.25, -0.2) is 0 Å². The second kappa shape index (κ2) is 3.93. The summed E-state index contributed by atoms with van der Waals surface area (Å²) in [7, 11) is 0. The van der Waals surface area contributed by atoms with Crippen LogP contribution in [0.5, 0.6) is 0 Å². The first kappa shape index (κ1) is 11.2. The molecule has 84 valence electrons. The van der Waals surface area contributed by atoms with Gasteiger partial charge < -0.3 is 0 Å². The highest BCUT2D eigenvalue weighted by Gasteiger charge is 2.33. The fraction of sp³-hybridized carbons (Fsp3) is 0.375. The molecule has 0 atom stereocenters. The lowest BCUT2D eigenvalue weighted by atomic mass is 9.82. The highest BCUT2D eigenvalue weighted by Crippen LogP contribution is 2.46. The van der Waals surface area contributed by atoms with Gasteiger partial charge in [0.25, 0.3) is 0 Å². The van der Waals surface area contributed by atoms with Gasteiger partial charge in [-0.05, 0) is 37.0 Å². The zero-order chi connectivity index (χ0) is 11.8. The maximum atomic E-state index is 2.32. The van der Waals surface area contributed by atoms with Gasteiger partial charge in [-0.2, -0.15) is 0 Å². The molecule has 0 amide bonds. The molecule has 0 spiro atoms. The Hall–Kier alpha value is -1.30. The number of fused-ring (bicyclic) bond motifs is 1. The Labute approximate surface area is 98.7 Å². The standard InChI is InChI=1S/C16H20/c1-5-6-9-13-12(2)16(3,4)15-11-8-7-10-14(13)15/h5-8,10-11H,9H2,1-4H3/b6-5-. The Morgan fingerprint density at radius 2 is 1.88 bits per heavy atom. The highest BCUT2D eigenvalue weighted by atomic mass is 14.4. The number of hydrogen-bond acceptors (Lipinski definition) is 0. The Morgan fingerprint density at radius 1 is 1.19 bits per heavy atom. The van der Waals surface area contributed by atoms with Gasteiger partial charge in [0.05, 0.1) is 0 Å². The van der Waals surface area contributed by atoms with E-state index in [0.717, 1.165) is 6.42 Å². The molecule has 0 aliphatic heterocycles. The van der Waals surface area contributed by atoms with Gasteiger partial charge in [-0.3, -0.25) is 0 Å². The van der Waals surface area contributed by atoms with E-state index in [-0.39, 0.29) is 5.41 Å². The first-order chi connectivity index (χ1) is 7.59. The van der Waals surface area contributed by atoms with Gasteiger partial charge in [-0.15, -0.1) is 0 Å². The van der Waals surface area contributed by atoms with Gasteiger partial charge in [-0.1, -0.05) is 55.8 Å². The number of benzene rings is 1. The first-order valence-corrected chi connectivity index (χ1v) is 6.00. The smallest absolute Gasteiger partial charge is 0.0114 e. The normalized spacial score (nSPS) is 18.2. The van der Waals surface area contributed by atoms with Gasteiger partial charge in [0.15, 0.2) is 0 Å². The van der Waals surface area contributed by atoms with Crippen LogP contribution in [0.3, 0.4) is 0 Å². The summed E-state index contributed by atoms with van der Waals surface area (Å²) in [4.78, 5) is 0. The lowest BCUT2D eigenvalue weighted by Crippen LogP contribution is -2.15. The summed E-state index contributed by atoms with van der Waals surface area (Å²) in [5, 5.41) is 0. The summed E-state index contributed by atoms with van der Waals surface area (Å²) in [6, 6.07) is 8.81. The zero-order valence-corrected chi connectivity index (χ0v) is 10.7. The Kier molecular flexibility index (Phi) is 2.75. The lowest BCUT2D eigenvalue weighted by Gasteiger charge is -2.22. The van der Waals surface area contributed by atoms with E-state index in [1.807, 2.05) is 0 Å². The molecular formula is C16H20. The van der Waals surface area contributed by atoms with E-state index in [4.69, 9.17) is 0 Å². The summed E-state index contributed by atoms with van der Waals surface area (Å²) < 4.78 is 0. The molecule has 0 aromatic heterocycles. The van der Waals surface area contributed by atoms with Crippen LogP contribution < -0.4 is 0 Å².